The molecule has 1 amide bonds. The zero-order valence-electron chi connectivity index (χ0n) is 14.6. The molecule has 9 heteroatoms. The Labute approximate surface area is 150 Å². The van der Waals surface area contributed by atoms with Gasteiger partial charge in [-0.25, -0.2) is 4.98 Å². The van der Waals surface area contributed by atoms with Crippen LogP contribution in [0.3, 0.4) is 0 Å². The van der Waals surface area contributed by atoms with Gasteiger partial charge < -0.3 is 14.6 Å². The number of carbonyl (C=O) groups excluding carboxylic acids is 1. The fourth-order valence-corrected chi connectivity index (χ4v) is 2.91. The number of hydrogen-bond donors (Lipinski definition) is 1. The van der Waals surface area contributed by atoms with Gasteiger partial charge in [-0.05, 0) is 13.1 Å². The maximum absolute atomic E-state index is 12.4. The lowest BCUT2D eigenvalue weighted by Crippen LogP contribution is -2.46. The van der Waals surface area contributed by atoms with Gasteiger partial charge in [0.2, 0.25) is 0 Å². The Morgan fingerprint density at radius 1 is 1.31 bits per heavy atom. The molecule has 1 aliphatic rings. The van der Waals surface area contributed by atoms with Crippen LogP contribution in [0.4, 0.5) is 5.69 Å². The highest BCUT2D eigenvalue weighted by Gasteiger charge is 2.24. The lowest BCUT2D eigenvalue weighted by molar-refractivity contribution is -0.384. The van der Waals surface area contributed by atoms with Crippen LogP contribution in [-0.4, -0.2) is 71.9 Å². The van der Waals surface area contributed by atoms with Crippen LogP contribution in [0.2, 0.25) is 0 Å². The van der Waals surface area contributed by atoms with Crippen molar-refractivity contribution in [3.63, 3.8) is 0 Å². The van der Waals surface area contributed by atoms with Gasteiger partial charge in [0.1, 0.15) is 0 Å². The number of oxazole rings is 1. The van der Waals surface area contributed by atoms with E-state index in [0.717, 1.165) is 39.1 Å². The topological polar surface area (TPSA) is 105 Å². The Bertz CT molecular complexity index is 783. The molecular formula is C17H21N5O4. The van der Waals surface area contributed by atoms with Gasteiger partial charge in [-0.1, -0.05) is 12.1 Å². The van der Waals surface area contributed by atoms with E-state index in [-0.39, 0.29) is 22.7 Å². The van der Waals surface area contributed by atoms with E-state index in [2.05, 4.69) is 27.1 Å². The van der Waals surface area contributed by atoms with E-state index >= 15 is 0 Å². The summed E-state index contributed by atoms with van der Waals surface area (Å²) in [4.78, 5) is 31.6. The molecule has 0 radical (unpaired) electrons. The Kier molecular flexibility index (Phi) is 5.59. The number of nitro benzene ring substituents is 1. The molecule has 138 valence electrons. The van der Waals surface area contributed by atoms with Crippen molar-refractivity contribution in [2.75, 3.05) is 46.3 Å². The van der Waals surface area contributed by atoms with E-state index in [4.69, 9.17) is 4.42 Å². The predicted molar refractivity (Wildman–Crippen MR) is 94.9 cm³/mol. The van der Waals surface area contributed by atoms with Gasteiger partial charge in [0.05, 0.1) is 10.5 Å². The van der Waals surface area contributed by atoms with Crippen molar-refractivity contribution in [2.24, 2.45) is 0 Å². The highest BCUT2D eigenvalue weighted by atomic mass is 16.6. The van der Waals surface area contributed by atoms with Gasteiger partial charge in [0.25, 0.3) is 11.6 Å². The SMILES string of the molecule is CN1CCN(CCNC(=O)c2ncoc2-c2ccccc2[N+](=O)[O-])CC1. The second-order valence-electron chi connectivity index (χ2n) is 6.21. The quantitative estimate of drug-likeness (QED) is 0.611. The van der Waals surface area contributed by atoms with Crippen molar-refractivity contribution in [1.29, 1.82) is 0 Å². The van der Waals surface area contributed by atoms with Crippen molar-refractivity contribution in [3.8, 4) is 11.3 Å². The summed E-state index contributed by atoms with van der Waals surface area (Å²) in [6.07, 6.45) is 1.13. The molecule has 0 aliphatic carbocycles. The van der Waals surface area contributed by atoms with Gasteiger partial charge in [-0.3, -0.25) is 19.8 Å². The van der Waals surface area contributed by atoms with E-state index < -0.39 is 10.8 Å². The molecule has 0 spiro atoms. The third-order valence-electron chi connectivity index (χ3n) is 4.44. The molecule has 1 aliphatic heterocycles. The van der Waals surface area contributed by atoms with E-state index in [1.54, 1.807) is 18.2 Å². The molecule has 0 atom stereocenters. The summed E-state index contributed by atoms with van der Waals surface area (Å²) >= 11 is 0. The summed E-state index contributed by atoms with van der Waals surface area (Å²) in [5.74, 6) is -0.296. The molecule has 1 aromatic carbocycles. The number of nitro groups is 1. The third-order valence-corrected chi connectivity index (χ3v) is 4.44. The molecule has 0 saturated carbocycles. The molecule has 0 unspecified atom stereocenters. The number of carbonyl (C=O) groups is 1. The van der Waals surface area contributed by atoms with E-state index in [1.807, 2.05) is 0 Å². The van der Waals surface area contributed by atoms with Gasteiger partial charge in [0.15, 0.2) is 17.8 Å². The number of amides is 1. The van der Waals surface area contributed by atoms with Crippen LogP contribution in [0.15, 0.2) is 35.1 Å². The second kappa shape index (κ2) is 8.07. The fraction of sp³-hybridized carbons (Fsp3) is 0.412. The number of nitrogens with one attached hydrogen (secondary N) is 1. The van der Waals surface area contributed by atoms with E-state index in [9.17, 15) is 14.9 Å². The zero-order chi connectivity index (χ0) is 18.5. The van der Waals surface area contributed by atoms with Crippen LogP contribution >= 0.6 is 0 Å². The summed E-state index contributed by atoms with van der Waals surface area (Å²) in [6.45, 7) is 5.19. The average Bonchev–Trinajstić information content (AvgIpc) is 3.13. The highest BCUT2D eigenvalue weighted by molar-refractivity contribution is 5.98. The molecule has 0 bridgehead atoms. The smallest absolute Gasteiger partial charge is 0.280 e. The normalized spacial score (nSPS) is 15.7. The molecule has 26 heavy (non-hydrogen) atoms. The van der Waals surface area contributed by atoms with Crippen LogP contribution in [0.1, 0.15) is 10.5 Å². The van der Waals surface area contributed by atoms with E-state index in [1.165, 1.54) is 6.07 Å². The number of likely N-dealkylation sites (N-methyl/N-ethyl adjacent to an activating group) is 1. The average molecular weight is 359 g/mol. The van der Waals surface area contributed by atoms with Crippen molar-refractivity contribution in [3.05, 3.63) is 46.5 Å². The third kappa shape index (κ3) is 4.06. The van der Waals surface area contributed by atoms with Crippen molar-refractivity contribution >= 4 is 11.6 Å². The Balaban J connectivity index is 1.65. The maximum atomic E-state index is 12.4. The number of para-hydroxylation sites is 1. The van der Waals surface area contributed by atoms with Crippen molar-refractivity contribution in [2.45, 2.75) is 0 Å². The molecule has 1 fully saturated rings. The Morgan fingerprint density at radius 2 is 2.04 bits per heavy atom. The van der Waals surface area contributed by atoms with Gasteiger partial charge in [-0.15, -0.1) is 0 Å². The predicted octanol–water partition coefficient (Wildman–Crippen LogP) is 1.23. The molecular weight excluding hydrogens is 338 g/mol. The van der Waals surface area contributed by atoms with Gasteiger partial charge in [-0.2, -0.15) is 0 Å². The first-order valence-corrected chi connectivity index (χ1v) is 8.42. The summed E-state index contributed by atoms with van der Waals surface area (Å²) < 4.78 is 5.28. The van der Waals surface area contributed by atoms with Crippen LogP contribution in [0.5, 0.6) is 0 Å². The lowest BCUT2D eigenvalue weighted by atomic mass is 10.1. The number of hydrogen-bond acceptors (Lipinski definition) is 7. The standard InChI is InChI=1S/C17H21N5O4/c1-20-8-10-21(11-9-20)7-6-18-17(23)15-16(26-12-19-15)13-4-2-3-5-14(13)22(24)25/h2-5,12H,6-11H2,1H3,(H,18,23). The zero-order valence-corrected chi connectivity index (χ0v) is 14.6. The first-order valence-electron chi connectivity index (χ1n) is 8.42. The van der Waals surface area contributed by atoms with Crippen molar-refractivity contribution < 1.29 is 14.1 Å². The molecule has 1 aromatic heterocycles. The number of piperazine rings is 1. The molecule has 3 rings (SSSR count). The first-order chi connectivity index (χ1) is 12.6. The largest absolute Gasteiger partial charge is 0.442 e. The molecule has 1 saturated heterocycles. The van der Waals surface area contributed by atoms with Gasteiger partial charge in [0, 0.05) is 45.3 Å². The summed E-state index contributed by atoms with van der Waals surface area (Å²) in [6, 6.07) is 6.13. The Hall–Kier alpha value is -2.78. The van der Waals surface area contributed by atoms with Gasteiger partial charge >= 0.3 is 0 Å². The minimum Gasteiger partial charge on any atom is -0.442 e. The van der Waals surface area contributed by atoms with Crippen molar-refractivity contribution in [1.82, 2.24) is 20.1 Å². The van der Waals surface area contributed by atoms with E-state index in [0.29, 0.717) is 6.54 Å². The highest BCUT2D eigenvalue weighted by Crippen LogP contribution is 2.31. The Morgan fingerprint density at radius 3 is 2.77 bits per heavy atom. The monoisotopic (exact) mass is 359 g/mol. The molecule has 9 nitrogen and oxygen atoms in total. The number of nitrogens with zero attached hydrogens (tertiary/aromatic N) is 4. The molecule has 1 N–H and O–H groups in total. The minimum atomic E-state index is -0.507. The minimum absolute atomic E-state index is 0.0534. The first kappa shape index (κ1) is 18.0. The fourth-order valence-electron chi connectivity index (χ4n) is 2.91. The van der Waals surface area contributed by atoms with Crippen LogP contribution in [0.25, 0.3) is 11.3 Å². The van der Waals surface area contributed by atoms with Crippen LogP contribution in [0, 0.1) is 10.1 Å². The molecule has 2 aromatic rings. The number of benzene rings is 1. The number of rotatable bonds is 6. The lowest BCUT2D eigenvalue weighted by Gasteiger charge is -2.32. The summed E-state index contributed by atoms with van der Waals surface area (Å²) in [5, 5.41) is 14.0. The van der Waals surface area contributed by atoms with Crippen LogP contribution in [-0.2, 0) is 0 Å². The summed E-state index contributed by atoms with van der Waals surface area (Å²) in [5.41, 5.74) is 0.160. The number of aromatic nitrogens is 1. The summed E-state index contributed by atoms with van der Waals surface area (Å²) in [7, 11) is 2.09. The second-order valence-corrected chi connectivity index (χ2v) is 6.21. The molecule has 2 heterocycles. The van der Waals surface area contributed by atoms with Crippen LogP contribution < -0.4 is 5.32 Å². The maximum Gasteiger partial charge on any atom is 0.280 e.